The van der Waals surface area contributed by atoms with Gasteiger partial charge in [0.25, 0.3) is 0 Å². The van der Waals surface area contributed by atoms with E-state index in [0.717, 1.165) is 6.42 Å². The number of esters is 1. The second kappa shape index (κ2) is 16.3. The zero-order valence-corrected chi connectivity index (χ0v) is 30.0. The molecule has 3 heterocycles. The number of methoxy groups -OCH3 is 1. The summed E-state index contributed by atoms with van der Waals surface area (Å²) in [6.45, 7) is 12.4. The molecule has 3 fully saturated rings. The number of ether oxygens (including phenoxy) is 6. The first kappa shape index (κ1) is 40.4. The Hall–Kier alpha value is -1.01. The summed E-state index contributed by atoms with van der Waals surface area (Å²) in [7, 11) is 5.20. The topological polar surface area (TPSA) is 195 Å². The summed E-state index contributed by atoms with van der Waals surface area (Å²) < 4.78 is 36.5. The Morgan fingerprint density at radius 1 is 1.02 bits per heavy atom. The van der Waals surface area contributed by atoms with E-state index in [-0.39, 0.29) is 37.5 Å². The van der Waals surface area contributed by atoms with Gasteiger partial charge < -0.3 is 64.8 Å². The highest BCUT2D eigenvalue weighted by Crippen LogP contribution is 2.41. The van der Waals surface area contributed by atoms with E-state index in [4.69, 9.17) is 34.2 Å². The third-order valence-corrected chi connectivity index (χ3v) is 10.9. The van der Waals surface area contributed by atoms with E-state index in [0.29, 0.717) is 13.0 Å². The van der Waals surface area contributed by atoms with Crippen molar-refractivity contribution in [3.8, 4) is 0 Å². The fourth-order valence-electron chi connectivity index (χ4n) is 7.35. The van der Waals surface area contributed by atoms with Gasteiger partial charge in [-0.3, -0.25) is 4.79 Å². The first-order valence-electron chi connectivity index (χ1n) is 17.0. The number of cyclic esters (lactones) is 1. The minimum Gasteiger partial charge on any atom is -0.462 e. The molecule has 14 nitrogen and oxygen atoms in total. The van der Waals surface area contributed by atoms with Crippen molar-refractivity contribution in [3.63, 3.8) is 0 Å². The number of aliphatic hydroxyl groups excluding tert-OH is 3. The van der Waals surface area contributed by atoms with Gasteiger partial charge in [0.2, 0.25) is 0 Å². The van der Waals surface area contributed by atoms with Gasteiger partial charge in [0.05, 0.1) is 42.0 Å². The summed E-state index contributed by atoms with van der Waals surface area (Å²) in [5, 5.41) is 47.9. The van der Waals surface area contributed by atoms with Crippen LogP contribution in [0, 0.1) is 17.8 Å². The van der Waals surface area contributed by atoms with Crippen molar-refractivity contribution in [3.05, 3.63) is 0 Å². The number of nitrogens with zero attached hydrogens (tertiary/aromatic N) is 1. The highest BCUT2D eigenvalue weighted by atomic mass is 16.7. The maximum Gasteiger partial charge on any atom is 0.313 e. The summed E-state index contributed by atoms with van der Waals surface area (Å²) >= 11 is 0. The molecule has 0 aromatic rings. The standard InChI is InChI=1S/C33H63N3O11/c1-18-13-31(6,41)29(46-26-12-23(35-8)11-19(2)45-26)20(3)33(34,47-27-14-32(7,42-10)25(38)17-43-27)21(4)30(40)44-16-24(37)28(39)22(5)36(9)15-18/h18-29,35,37-39,41H,11-17,34H2,1-10H3/t18-,19?,20-,21?,22?,23?,24?,25?,26?,27?,28?,29?,31-,32?,33?/m1/s1. The van der Waals surface area contributed by atoms with Crippen molar-refractivity contribution in [1.29, 1.82) is 0 Å². The molecule has 47 heavy (non-hydrogen) atoms. The van der Waals surface area contributed by atoms with Gasteiger partial charge in [-0.25, -0.2) is 0 Å². The normalized spacial score (nSPS) is 48.7. The van der Waals surface area contributed by atoms with Crippen LogP contribution in [0.3, 0.4) is 0 Å². The van der Waals surface area contributed by atoms with Gasteiger partial charge in [-0.1, -0.05) is 13.8 Å². The first-order chi connectivity index (χ1) is 21.8. The van der Waals surface area contributed by atoms with E-state index < -0.39 is 84.4 Å². The average molecular weight is 678 g/mol. The molecule has 3 aliphatic heterocycles. The van der Waals surface area contributed by atoms with Crippen LogP contribution in [-0.4, -0.2) is 144 Å². The van der Waals surface area contributed by atoms with E-state index >= 15 is 0 Å². The number of carbonyl (C=O) groups is 1. The minimum absolute atomic E-state index is 0.0948. The predicted molar refractivity (Wildman–Crippen MR) is 173 cm³/mol. The second-order valence-corrected chi connectivity index (χ2v) is 14.9. The highest BCUT2D eigenvalue weighted by molar-refractivity contribution is 5.73. The Bertz CT molecular complexity index is 1010. The average Bonchev–Trinajstić information content (AvgIpc) is 3.01. The number of nitrogens with two attached hydrogens (primary N) is 1. The van der Waals surface area contributed by atoms with Gasteiger partial charge in [-0.15, -0.1) is 0 Å². The SMILES string of the molecule is CNC1CC(C)OC(OC2[C@@H](C)C(N)(OC3CC(C)(OC)C(O)CO3)C(C)C(=O)OCC(O)C(O)C(C)N(C)C[C@H](C)C[C@@]2(C)O)C1. The molecule has 14 heteroatoms. The van der Waals surface area contributed by atoms with E-state index in [1.165, 1.54) is 7.11 Å². The van der Waals surface area contributed by atoms with Crippen LogP contribution >= 0.6 is 0 Å². The van der Waals surface area contributed by atoms with E-state index in [2.05, 4.69) is 5.32 Å². The summed E-state index contributed by atoms with van der Waals surface area (Å²) in [6.07, 6.45) is -4.63. The van der Waals surface area contributed by atoms with Gasteiger partial charge in [-0.2, -0.15) is 0 Å². The predicted octanol–water partition coefficient (Wildman–Crippen LogP) is 0.317. The van der Waals surface area contributed by atoms with Gasteiger partial charge in [0, 0.05) is 44.5 Å². The lowest BCUT2D eigenvalue weighted by atomic mass is 9.74. The summed E-state index contributed by atoms with van der Waals surface area (Å²) in [5.74, 6) is -2.93. The quantitative estimate of drug-likeness (QED) is 0.166. The number of hydrogen-bond acceptors (Lipinski definition) is 14. The fraction of sp³-hybridized carbons (Fsp3) is 0.970. The second-order valence-electron chi connectivity index (χ2n) is 14.9. The van der Waals surface area contributed by atoms with Crippen LogP contribution in [0.15, 0.2) is 0 Å². The Labute approximate surface area is 280 Å². The van der Waals surface area contributed by atoms with Crippen molar-refractivity contribution >= 4 is 5.97 Å². The third kappa shape index (κ3) is 9.62. The van der Waals surface area contributed by atoms with Gasteiger partial charge >= 0.3 is 5.97 Å². The zero-order chi connectivity index (χ0) is 35.5. The largest absolute Gasteiger partial charge is 0.462 e. The number of aliphatic hydroxyl groups is 4. The van der Waals surface area contributed by atoms with Gasteiger partial charge in [0.15, 0.2) is 12.6 Å². The molecule has 0 saturated carbocycles. The maximum atomic E-state index is 13.7. The van der Waals surface area contributed by atoms with Crippen molar-refractivity contribution < 1.29 is 53.6 Å². The summed E-state index contributed by atoms with van der Waals surface area (Å²) in [4.78, 5) is 15.6. The Morgan fingerprint density at radius 3 is 2.30 bits per heavy atom. The van der Waals surface area contributed by atoms with Crippen LogP contribution in [0.4, 0.5) is 0 Å². The molecular formula is C33H63N3O11. The zero-order valence-electron chi connectivity index (χ0n) is 30.0. The number of hydrogen-bond donors (Lipinski definition) is 6. The van der Waals surface area contributed by atoms with Crippen LogP contribution in [0.2, 0.25) is 0 Å². The van der Waals surface area contributed by atoms with E-state index in [9.17, 15) is 25.2 Å². The van der Waals surface area contributed by atoms with Crippen LogP contribution in [0.25, 0.3) is 0 Å². The molecule has 15 atom stereocenters. The lowest BCUT2D eigenvalue weighted by Crippen LogP contribution is -2.66. The van der Waals surface area contributed by atoms with E-state index in [1.54, 1.807) is 34.6 Å². The molecule has 276 valence electrons. The van der Waals surface area contributed by atoms with Crippen LogP contribution < -0.4 is 11.1 Å². The molecule has 0 aromatic heterocycles. The van der Waals surface area contributed by atoms with Gasteiger partial charge in [0.1, 0.15) is 24.5 Å². The van der Waals surface area contributed by atoms with Crippen LogP contribution in [0.5, 0.6) is 0 Å². The monoisotopic (exact) mass is 677 g/mol. The number of rotatable bonds is 6. The number of nitrogens with one attached hydrogen (secondary N) is 1. The Morgan fingerprint density at radius 2 is 1.68 bits per heavy atom. The van der Waals surface area contributed by atoms with Crippen molar-refractivity contribution in [2.75, 3.05) is 41.0 Å². The van der Waals surface area contributed by atoms with Gasteiger partial charge in [-0.05, 0) is 67.5 Å². The lowest BCUT2D eigenvalue weighted by Gasteiger charge is -2.50. The molecule has 12 unspecified atom stereocenters. The fourth-order valence-corrected chi connectivity index (χ4v) is 7.35. The molecule has 0 radical (unpaired) electrons. The first-order valence-corrected chi connectivity index (χ1v) is 17.0. The molecule has 0 spiro atoms. The van der Waals surface area contributed by atoms with Crippen molar-refractivity contribution in [2.24, 2.45) is 23.5 Å². The Balaban J connectivity index is 2.10. The maximum absolute atomic E-state index is 13.7. The van der Waals surface area contributed by atoms with Crippen molar-refractivity contribution in [2.45, 2.75) is 146 Å². The molecule has 7 N–H and O–H groups in total. The molecule has 0 aromatic carbocycles. The molecule has 3 aliphatic rings. The molecule has 0 aliphatic carbocycles. The molecule has 0 amide bonds. The minimum atomic E-state index is -1.87. The third-order valence-electron chi connectivity index (χ3n) is 10.9. The molecular weight excluding hydrogens is 614 g/mol. The number of carbonyl (C=O) groups excluding carboxylic acids is 1. The van der Waals surface area contributed by atoms with E-state index in [1.807, 2.05) is 32.8 Å². The molecule has 3 saturated heterocycles. The van der Waals surface area contributed by atoms with Crippen molar-refractivity contribution in [1.82, 2.24) is 10.2 Å². The smallest absolute Gasteiger partial charge is 0.313 e. The lowest BCUT2D eigenvalue weighted by molar-refractivity contribution is -0.318. The Kier molecular flexibility index (Phi) is 14.1. The molecule has 3 rings (SSSR count). The summed E-state index contributed by atoms with van der Waals surface area (Å²) in [5.41, 5.74) is 2.79. The summed E-state index contributed by atoms with van der Waals surface area (Å²) in [6, 6.07) is -0.356. The van der Waals surface area contributed by atoms with Crippen LogP contribution in [-0.2, 0) is 33.2 Å². The highest BCUT2D eigenvalue weighted by Gasteiger charge is 2.55. The molecule has 0 bridgehead atoms. The number of likely N-dealkylation sites (N-methyl/N-ethyl adjacent to an activating group) is 1. The van der Waals surface area contributed by atoms with Crippen LogP contribution in [0.1, 0.15) is 74.1 Å².